The normalized spacial score (nSPS) is 10.6. The van der Waals surface area contributed by atoms with Crippen molar-refractivity contribution >= 4 is 23.2 Å². The number of nitrogens with one attached hydrogen (secondary N) is 1. The fourth-order valence-electron chi connectivity index (χ4n) is 1.71. The van der Waals surface area contributed by atoms with Crippen LogP contribution >= 0.6 is 11.6 Å². The molecule has 0 aliphatic rings. The fraction of sp³-hybridized carbons (Fsp3) is 0.308. The Kier molecular flexibility index (Phi) is 4.23. The molecule has 2 aromatic rings. The molecule has 1 aromatic carbocycles. The van der Waals surface area contributed by atoms with Crippen molar-refractivity contribution in [3.63, 3.8) is 0 Å². The Hall–Kier alpha value is -1.52. The van der Waals surface area contributed by atoms with Gasteiger partial charge in [0, 0.05) is 26.0 Å². The third-order valence-electron chi connectivity index (χ3n) is 2.71. The lowest BCUT2D eigenvalue weighted by Gasteiger charge is -2.12. The van der Waals surface area contributed by atoms with Crippen LogP contribution < -0.4 is 5.32 Å². The van der Waals surface area contributed by atoms with E-state index in [1.165, 1.54) is 0 Å². The lowest BCUT2D eigenvalue weighted by Crippen LogP contribution is -2.08. The number of ether oxygens (including phenoxy) is 1. The Balaban J connectivity index is 2.21. The lowest BCUT2D eigenvalue weighted by atomic mass is 10.2. The Labute approximate surface area is 112 Å². The van der Waals surface area contributed by atoms with Gasteiger partial charge in [0.2, 0.25) is 5.95 Å². The highest BCUT2D eigenvalue weighted by Crippen LogP contribution is 2.27. The van der Waals surface area contributed by atoms with E-state index in [0.29, 0.717) is 11.6 Å². The molecule has 0 aliphatic heterocycles. The molecule has 1 aromatic heterocycles. The molecule has 4 nitrogen and oxygen atoms in total. The van der Waals surface area contributed by atoms with Crippen LogP contribution in [0.15, 0.2) is 30.6 Å². The summed E-state index contributed by atoms with van der Waals surface area (Å²) in [6.07, 6.45) is 3.66. The molecule has 96 valence electrons. The number of anilines is 2. The second-order valence-electron chi connectivity index (χ2n) is 3.99. The van der Waals surface area contributed by atoms with Gasteiger partial charge in [-0.15, -0.1) is 0 Å². The van der Waals surface area contributed by atoms with Crippen molar-refractivity contribution in [3.8, 4) is 0 Å². The van der Waals surface area contributed by atoms with Crippen LogP contribution in [0.3, 0.4) is 0 Å². The minimum Gasteiger partial charge on any atom is -0.383 e. The molecule has 18 heavy (non-hydrogen) atoms. The van der Waals surface area contributed by atoms with Crippen LogP contribution in [0.5, 0.6) is 0 Å². The van der Waals surface area contributed by atoms with Gasteiger partial charge < -0.3 is 14.6 Å². The molecule has 0 aliphatic carbocycles. The Morgan fingerprint density at radius 3 is 3.00 bits per heavy atom. The molecule has 1 N–H and O–H groups in total. The monoisotopic (exact) mass is 265 g/mol. The molecule has 1 heterocycles. The zero-order valence-electron chi connectivity index (χ0n) is 10.5. The summed E-state index contributed by atoms with van der Waals surface area (Å²) in [6.45, 7) is 3.41. The third-order valence-corrected chi connectivity index (χ3v) is 3.03. The zero-order chi connectivity index (χ0) is 13.0. The molecule has 0 fully saturated rings. The molecule has 0 radical (unpaired) electrons. The van der Waals surface area contributed by atoms with Crippen LogP contribution in [0, 0.1) is 6.92 Å². The number of para-hydroxylation sites is 1. The van der Waals surface area contributed by atoms with E-state index in [9.17, 15) is 0 Å². The molecular weight excluding hydrogens is 250 g/mol. The van der Waals surface area contributed by atoms with Gasteiger partial charge in [-0.2, -0.15) is 0 Å². The number of halogens is 1. The van der Waals surface area contributed by atoms with Gasteiger partial charge in [-0.1, -0.05) is 23.7 Å². The highest BCUT2D eigenvalue weighted by atomic mass is 35.5. The summed E-state index contributed by atoms with van der Waals surface area (Å²) < 4.78 is 7.06. The van der Waals surface area contributed by atoms with Crippen molar-refractivity contribution in [2.75, 3.05) is 19.0 Å². The van der Waals surface area contributed by atoms with Crippen molar-refractivity contribution in [1.82, 2.24) is 9.55 Å². The lowest BCUT2D eigenvalue weighted by molar-refractivity contribution is 0.188. The van der Waals surface area contributed by atoms with E-state index in [1.54, 1.807) is 13.3 Å². The first-order chi connectivity index (χ1) is 8.72. The van der Waals surface area contributed by atoms with E-state index < -0.39 is 0 Å². The number of aromatic nitrogens is 2. The van der Waals surface area contributed by atoms with Crippen LogP contribution in [0.2, 0.25) is 5.02 Å². The standard InChI is InChI=1S/C13H16ClN3O/c1-10-4-3-5-11(14)12(10)16-13-15-6-7-17(13)8-9-18-2/h3-7H,8-9H2,1-2H3,(H,15,16). The van der Waals surface area contributed by atoms with Crippen molar-refractivity contribution in [2.24, 2.45) is 0 Å². The summed E-state index contributed by atoms with van der Waals surface area (Å²) >= 11 is 6.18. The summed E-state index contributed by atoms with van der Waals surface area (Å²) in [5, 5.41) is 3.95. The number of imidazole rings is 1. The second-order valence-corrected chi connectivity index (χ2v) is 4.40. The molecule has 0 atom stereocenters. The van der Waals surface area contributed by atoms with Crippen molar-refractivity contribution in [1.29, 1.82) is 0 Å². The molecule has 2 rings (SSSR count). The number of nitrogens with zero attached hydrogens (tertiary/aromatic N) is 2. The molecule has 0 saturated carbocycles. The van der Waals surface area contributed by atoms with Crippen LogP contribution in [0.25, 0.3) is 0 Å². The summed E-state index contributed by atoms with van der Waals surface area (Å²) in [5.41, 5.74) is 1.98. The van der Waals surface area contributed by atoms with E-state index in [4.69, 9.17) is 16.3 Å². The van der Waals surface area contributed by atoms with Gasteiger partial charge in [0.05, 0.1) is 17.3 Å². The summed E-state index contributed by atoms with van der Waals surface area (Å²) in [4.78, 5) is 4.28. The maximum Gasteiger partial charge on any atom is 0.207 e. The largest absolute Gasteiger partial charge is 0.383 e. The van der Waals surface area contributed by atoms with E-state index in [0.717, 1.165) is 23.7 Å². The molecule has 0 unspecified atom stereocenters. The number of benzene rings is 1. The molecule has 5 heteroatoms. The van der Waals surface area contributed by atoms with Gasteiger partial charge in [0.25, 0.3) is 0 Å². The number of hydrogen-bond acceptors (Lipinski definition) is 3. The second kappa shape index (κ2) is 5.89. The van der Waals surface area contributed by atoms with E-state index in [2.05, 4.69) is 10.3 Å². The summed E-state index contributed by atoms with van der Waals surface area (Å²) in [7, 11) is 1.68. The predicted octanol–water partition coefficient (Wildman–Crippen LogP) is 3.23. The van der Waals surface area contributed by atoms with E-state index in [1.807, 2.05) is 35.9 Å². The maximum atomic E-state index is 6.18. The Morgan fingerprint density at radius 2 is 2.28 bits per heavy atom. The van der Waals surface area contributed by atoms with Crippen LogP contribution in [-0.2, 0) is 11.3 Å². The van der Waals surface area contributed by atoms with E-state index >= 15 is 0 Å². The summed E-state index contributed by atoms with van der Waals surface area (Å²) in [6, 6.07) is 5.80. The number of methoxy groups -OCH3 is 1. The molecular formula is C13H16ClN3O. The topological polar surface area (TPSA) is 39.1 Å². The van der Waals surface area contributed by atoms with Crippen molar-refractivity contribution < 1.29 is 4.74 Å². The first-order valence-electron chi connectivity index (χ1n) is 5.74. The quantitative estimate of drug-likeness (QED) is 0.902. The maximum absolute atomic E-state index is 6.18. The average Bonchev–Trinajstić information content (AvgIpc) is 2.79. The first kappa shape index (κ1) is 12.9. The highest BCUT2D eigenvalue weighted by molar-refractivity contribution is 6.33. The number of rotatable bonds is 5. The SMILES string of the molecule is COCCn1ccnc1Nc1c(C)cccc1Cl. The highest BCUT2D eigenvalue weighted by Gasteiger charge is 2.07. The molecule has 0 spiro atoms. The van der Waals surface area contributed by atoms with Gasteiger partial charge in [-0.25, -0.2) is 4.98 Å². The Bertz CT molecular complexity index is 504. The van der Waals surface area contributed by atoms with Gasteiger partial charge in [-0.05, 0) is 18.6 Å². The minimum atomic E-state index is 0.645. The van der Waals surface area contributed by atoms with E-state index in [-0.39, 0.29) is 0 Å². The summed E-state index contributed by atoms with van der Waals surface area (Å²) in [5.74, 6) is 0.767. The van der Waals surface area contributed by atoms with Crippen molar-refractivity contribution in [3.05, 3.63) is 41.2 Å². The van der Waals surface area contributed by atoms with Crippen molar-refractivity contribution in [2.45, 2.75) is 13.5 Å². The number of hydrogen-bond donors (Lipinski definition) is 1. The first-order valence-corrected chi connectivity index (χ1v) is 6.12. The van der Waals surface area contributed by atoms with Gasteiger partial charge in [0.15, 0.2) is 0 Å². The zero-order valence-corrected chi connectivity index (χ0v) is 11.2. The predicted molar refractivity (Wildman–Crippen MR) is 73.6 cm³/mol. The molecule has 0 amide bonds. The molecule has 0 saturated heterocycles. The van der Waals surface area contributed by atoms with Crippen LogP contribution in [0.1, 0.15) is 5.56 Å². The van der Waals surface area contributed by atoms with Crippen LogP contribution in [-0.4, -0.2) is 23.3 Å². The number of aryl methyl sites for hydroxylation is 1. The van der Waals surface area contributed by atoms with Gasteiger partial charge >= 0.3 is 0 Å². The smallest absolute Gasteiger partial charge is 0.207 e. The van der Waals surface area contributed by atoms with Crippen LogP contribution in [0.4, 0.5) is 11.6 Å². The average molecular weight is 266 g/mol. The fourth-order valence-corrected chi connectivity index (χ4v) is 1.97. The van der Waals surface area contributed by atoms with Gasteiger partial charge in [0.1, 0.15) is 0 Å². The minimum absolute atomic E-state index is 0.645. The molecule has 0 bridgehead atoms. The third kappa shape index (κ3) is 2.83. The van der Waals surface area contributed by atoms with Gasteiger partial charge in [-0.3, -0.25) is 0 Å². The Morgan fingerprint density at radius 1 is 1.44 bits per heavy atom.